The highest BCUT2D eigenvalue weighted by molar-refractivity contribution is 5.99. The van der Waals surface area contributed by atoms with E-state index in [1.807, 2.05) is 55.4 Å². The third kappa shape index (κ3) is 28.8. The molecule has 2 amide bonds. The highest BCUT2D eigenvalue weighted by Crippen LogP contribution is 2.12. The first-order valence-electron chi connectivity index (χ1n) is 23.1. The number of hydrogen-bond donors (Lipinski definition) is 2. The van der Waals surface area contributed by atoms with Crippen LogP contribution in [0.3, 0.4) is 0 Å². The van der Waals surface area contributed by atoms with Crippen LogP contribution < -0.4 is 10.6 Å². The second kappa shape index (κ2) is 32.3. The highest BCUT2D eigenvalue weighted by atomic mass is 16.2. The van der Waals surface area contributed by atoms with Crippen molar-refractivity contribution >= 4 is 34.9 Å². The fourth-order valence-electron chi connectivity index (χ4n) is 6.98. The molecule has 12 nitrogen and oxygen atoms in total. The summed E-state index contributed by atoms with van der Waals surface area (Å²) in [5, 5.41) is 5.61. The van der Waals surface area contributed by atoms with Gasteiger partial charge in [0.25, 0.3) is 0 Å². The molecule has 2 rings (SSSR count). The van der Waals surface area contributed by atoms with E-state index in [9.17, 15) is 28.8 Å². The number of Topliss-reactive ketones (excluding diaryl/α,β-unsaturated/α-hetero) is 4. The second-order valence-electron chi connectivity index (χ2n) is 18.3. The molecule has 2 N–H and O–H groups in total. The summed E-state index contributed by atoms with van der Waals surface area (Å²) in [4.78, 5) is 80.1. The lowest BCUT2D eigenvalue weighted by atomic mass is 10.0. The maximum atomic E-state index is 12.1. The molecule has 0 aromatic rings. The van der Waals surface area contributed by atoms with E-state index in [0.29, 0.717) is 49.6 Å². The number of nitrogens with one attached hydrogen (secondary N) is 2. The molecule has 0 aliphatic carbocycles. The Balaban J connectivity index is 0.000000580. The summed E-state index contributed by atoms with van der Waals surface area (Å²) in [5.41, 5.74) is 0. The largest absolute Gasteiger partial charge is 0.355 e. The third-order valence-electron chi connectivity index (χ3n) is 10.9. The molecule has 0 atom stereocenters. The molecule has 0 spiro atoms. The Morgan fingerprint density at radius 2 is 0.707 bits per heavy atom. The normalized spacial score (nSPS) is 15.8. The first-order chi connectivity index (χ1) is 27.5. The number of carbonyl (C=O) groups excluding carboxylic acids is 6. The van der Waals surface area contributed by atoms with Crippen LogP contribution in [0.2, 0.25) is 0 Å². The van der Waals surface area contributed by atoms with Crippen LogP contribution >= 0.6 is 0 Å². The van der Waals surface area contributed by atoms with Gasteiger partial charge < -0.3 is 20.4 Å². The van der Waals surface area contributed by atoms with E-state index in [4.69, 9.17) is 0 Å². The minimum Gasteiger partial charge on any atom is -0.355 e. The van der Waals surface area contributed by atoms with Gasteiger partial charge in [0.2, 0.25) is 11.8 Å². The summed E-state index contributed by atoms with van der Waals surface area (Å²) in [6.45, 7) is 27.9. The number of unbranched alkanes of at least 4 members (excludes halogenated alkanes) is 8. The summed E-state index contributed by atoms with van der Waals surface area (Å²) in [6, 6.07) is 0. The van der Waals surface area contributed by atoms with Crippen molar-refractivity contribution in [3.8, 4) is 0 Å². The van der Waals surface area contributed by atoms with Crippen LogP contribution in [-0.2, 0) is 28.8 Å². The SMILES string of the molecule is CC(C)CNC(=O)CC(=O)CN1CCN(CCCCCCCC(=O)C(C)C)CC1.CC(C)CNC(=O)CC(=O)CN1CCN(CCCCCCCC(=O)C(C)C)CC1. The quantitative estimate of drug-likeness (QED) is 0.0676. The summed E-state index contributed by atoms with van der Waals surface area (Å²) < 4.78 is 0. The maximum Gasteiger partial charge on any atom is 0.227 e. The van der Waals surface area contributed by atoms with Gasteiger partial charge in [0.15, 0.2) is 11.6 Å². The zero-order valence-electron chi connectivity index (χ0n) is 38.3. The minimum atomic E-state index is -0.157. The van der Waals surface area contributed by atoms with Crippen molar-refractivity contribution in [1.29, 1.82) is 0 Å². The van der Waals surface area contributed by atoms with Crippen LogP contribution in [0.25, 0.3) is 0 Å². The molecule has 2 heterocycles. The van der Waals surface area contributed by atoms with Crippen LogP contribution in [0.15, 0.2) is 0 Å². The number of ketones is 4. The first kappa shape index (κ1) is 53.5. The first-order valence-corrected chi connectivity index (χ1v) is 23.1. The Kier molecular flexibility index (Phi) is 29.7. The lowest BCUT2D eigenvalue weighted by Gasteiger charge is -2.34. The Hall–Kier alpha value is -2.54. The smallest absolute Gasteiger partial charge is 0.227 e. The van der Waals surface area contributed by atoms with Gasteiger partial charge in [0.05, 0.1) is 25.9 Å². The molecule has 0 aromatic carbocycles. The zero-order valence-corrected chi connectivity index (χ0v) is 38.3. The van der Waals surface area contributed by atoms with E-state index in [1.54, 1.807) is 0 Å². The van der Waals surface area contributed by atoms with Gasteiger partial charge in [-0.05, 0) is 50.6 Å². The summed E-state index contributed by atoms with van der Waals surface area (Å²) in [5.74, 6) is 1.62. The molecule has 0 radical (unpaired) electrons. The van der Waals surface area contributed by atoms with Crippen molar-refractivity contribution in [3.63, 3.8) is 0 Å². The van der Waals surface area contributed by atoms with Crippen molar-refractivity contribution < 1.29 is 28.8 Å². The molecule has 0 aromatic heterocycles. The number of nitrogens with zero attached hydrogens (tertiary/aromatic N) is 4. The molecular formula is C46H86N6O6. The predicted octanol–water partition coefficient (Wildman–Crippen LogP) is 5.80. The van der Waals surface area contributed by atoms with Crippen molar-refractivity contribution in [3.05, 3.63) is 0 Å². The second-order valence-corrected chi connectivity index (χ2v) is 18.3. The van der Waals surface area contributed by atoms with Crippen molar-refractivity contribution in [1.82, 2.24) is 30.2 Å². The molecule has 2 aliphatic rings. The molecule has 336 valence electrons. The fraction of sp³-hybridized carbons (Fsp3) is 0.870. The summed E-state index contributed by atoms with van der Waals surface area (Å²) in [7, 11) is 0. The van der Waals surface area contributed by atoms with E-state index >= 15 is 0 Å². The lowest BCUT2D eigenvalue weighted by molar-refractivity contribution is -0.130. The van der Waals surface area contributed by atoms with E-state index < -0.39 is 0 Å². The monoisotopic (exact) mass is 819 g/mol. The van der Waals surface area contributed by atoms with Crippen molar-refractivity contribution in [2.75, 3.05) is 91.6 Å². The molecular weight excluding hydrogens is 733 g/mol. The third-order valence-corrected chi connectivity index (χ3v) is 10.9. The number of amides is 2. The Morgan fingerprint density at radius 3 is 1.02 bits per heavy atom. The predicted molar refractivity (Wildman–Crippen MR) is 236 cm³/mol. The topological polar surface area (TPSA) is 139 Å². The van der Waals surface area contributed by atoms with E-state index in [-0.39, 0.29) is 48.1 Å². The molecule has 0 bridgehead atoms. The molecule has 58 heavy (non-hydrogen) atoms. The Labute approximate surface area is 353 Å². The van der Waals surface area contributed by atoms with Gasteiger partial charge in [-0.3, -0.25) is 38.6 Å². The molecule has 2 saturated heterocycles. The average molecular weight is 819 g/mol. The van der Waals surface area contributed by atoms with Gasteiger partial charge in [-0.1, -0.05) is 93.9 Å². The highest BCUT2D eigenvalue weighted by Gasteiger charge is 2.21. The lowest BCUT2D eigenvalue weighted by Crippen LogP contribution is -2.48. The minimum absolute atomic E-state index is 0.00427. The van der Waals surface area contributed by atoms with Crippen molar-refractivity contribution in [2.45, 2.75) is 145 Å². The summed E-state index contributed by atoms with van der Waals surface area (Å²) in [6.07, 6.45) is 13.1. The van der Waals surface area contributed by atoms with Crippen LogP contribution in [-0.4, -0.2) is 146 Å². The molecule has 2 fully saturated rings. The Morgan fingerprint density at radius 1 is 0.414 bits per heavy atom. The van der Waals surface area contributed by atoms with E-state index in [1.165, 1.54) is 38.5 Å². The number of rotatable bonds is 30. The van der Waals surface area contributed by atoms with Gasteiger partial charge >= 0.3 is 0 Å². The van der Waals surface area contributed by atoms with Crippen LogP contribution in [0, 0.1) is 23.7 Å². The van der Waals surface area contributed by atoms with Crippen molar-refractivity contribution in [2.24, 2.45) is 23.7 Å². The summed E-state index contributed by atoms with van der Waals surface area (Å²) >= 11 is 0. The van der Waals surface area contributed by atoms with Gasteiger partial charge in [0, 0.05) is 90.1 Å². The van der Waals surface area contributed by atoms with E-state index in [2.05, 4.69) is 30.2 Å². The van der Waals surface area contributed by atoms with Crippen LogP contribution in [0.4, 0.5) is 0 Å². The van der Waals surface area contributed by atoms with Gasteiger partial charge in [-0.15, -0.1) is 0 Å². The molecule has 12 heteroatoms. The Bertz CT molecular complexity index is 1090. The average Bonchev–Trinajstić information content (AvgIpc) is 3.16. The number of piperazine rings is 2. The standard InChI is InChI=1S/2C23H43N3O3/c2*1-19(2)17-24-23(29)16-21(27)18-26-14-12-25(13-15-26)11-9-7-5-6-8-10-22(28)20(3)4/h2*19-20H,5-18H2,1-4H3,(H,24,29). The molecule has 2 aliphatic heterocycles. The zero-order chi connectivity index (χ0) is 43.3. The van der Waals surface area contributed by atoms with Crippen LogP contribution in [0.1, 0.15) is 145 Å². The number of hydrogen-bond acceptors (Lipinski definition) is 10. The fourth-order valence-corrected chi connectivity index (χ4v) is 6.98. The number of carbonyl (C=O) groups is 6. The maximum absolute atomic E-state index is 12.1. The van der Waals surface area contributed by atoms with Crippen LogP contribution in [0.5, 0.6) is 0 Å². The molecule has 0 saturated carbocycles. The van der Waals surface area contributed by atoms with Gasteiger partial charge in [-0.25, -0.2) is 0 Å². The van der Waals surface area contributed by atoms with Gasteiger partial charge in [-0.2, -0.15) is 0 Å². The molecule has 0 unspecified atom stereocenters. The van der Waals surface area contributed by atoms with Gasteiger partial charge in [0.1, 0.15) is 11.6 Å². The van der Waals surface area contributed by atoms with E-state index in [0.717, 1.165) is 104 Å².